The van der Waals surface area contributed by atoms with Crippen LogP contribution in [-0.2, 0) is 100.0 Å². The highest BCUT2D eigenvalue weighted by molar-refractivity contribution is 5.57. The van der Waals surface area contributed by atoms with Gasteiger partial charge in [-0.05, 0) is 244 Å². The molecule has 738 valence electrons. The molecule has 0 amide bonds. The van der Waals surface area contributed by atoms with E-state index in [0.29, 0.717) is 144 Å². The van der Waals surface area contributed by atoms with E-state index >= 15 is 0 Å². The van der Waals surface area contributed by atoms with Crippen molar-refractivity contribution in [2.45, 2.75) is 122 Å². The molecule has 2 N–H and O–H groups in total. The summed E-state index contributed by atoms with van der Waals surface area (Å²) in [6.45, 7) is 37.7. The number of ether oxygens (including phenoxy) is 14. The minimum absolute atomic E-state index is 0.0915. The lowest BCUT2D eigenvalue weighted by atomic mass is 9.72. The summed E-state index contributed by atoms with van der Waals surface area (Å²) >= 11 is 0. The zero-order valence-electron chi connectivity index (χ0n) is 82.7. The van der Waals surface area contributed by atoms with Gasteiger partial charge in [-0.15, -0.1) is 0 Å². The van der Waals surface area contributed by atoms with Crippen molar-refractivity contribution in [3.63, 3.8) is 0 Å². The molecule has 1 fully saturated rings. The SMILES string of the molecule is C=Cc1ccc(COc2cc(COc3ccc(C(O)(c4ccc(OCc5cc(OCc6ccc(C=C)cc6)cc(OCc6ccc(C=C)cc6)c5)cc4)C4OC(C)(C)OC4C(O)(c4ccc(OCc5cc(OCc6ccc(C=C)cc6)cc(OCc6ccc(C=C)cc6)c5)cc4)c4ccc(OCc5cc(OCc6ccc(C=C)cc6)cc(OCc6ccc(C=C)cc6)c5)cc4)cc3)cc(OCc3ccc(C=C)cc3)c2)cc1. The predicted molar refractivity (Wildman–Crippen MR) is 586 cm³/mol. The highest BCUT2D eigenvalue weighted by Crippen LogP contribution is 2.52. The van der Waals surface area contributed by atoms with Gasteiger partial charge in [0.1, 0.15) is 172 Å². The zero-order valence-corrected chi connectivity index (χ0v) is 82.7. The van der Waals surface area contributed by atoms with Gasteiger partial charge in [0.25, 0.3) is 0 Å². The van der Waals surface area contributed by atoms with E-state index < -0.39 is 29.2 Å². The molecule has 0 saturated carbocycles. The van der Waals surface area contributed by atoms with Crippen LogP contribution in [0.3, 0.4) is 0 Å². The molecular formula is C131H118O16. The van der Waals surface area contributed by atoms with Crippen molar-refractivity contribution in [3.05, 3.63) is 550 Å². The third kappa shape index (κ3) is 27.1. The van der Waals surface area contributed by atoms with Gasteiger partial charge in [0.05, 0.1) is 0 Å². The summed E-state index contributed by atoms with van der Waals surface area (Å²) < 4.78 is 93.4. The Morgan fingerprint density at radius 3 is 0.456 bits per heavy atom. The second-order valence-electron chi connectivity index (χ2n) is 36.4. The van der Waals surface area contributed by atoms with Crippen LogP contribution in [0.15, 0.2) is 417 Å². The van der Waals surface area contributed by atoms with Crippen LogP contribution < -0.4 is 56.8 Å². The summed E-state index contributed by atoms with van der Waals surface area (Å²) in [6.07, 6.45) is 11.6. The van der Waals surface area contributed by atoms with Crippen molar-refractivity contribution in [2.75, 3.05) is 0 Å². The summed E-state index contributed by atoms with van der Waals surface area (Å²) in [5, 5.41) is 29.8. The van der Waals surface area contributed by atoms with E-state index in [1.807, 2.05) is 267 Å². The minimum atomic E-state index is -2.19. The number of rotatable bonds is 50. The van der Waals surface area contributed by atoms with Gasteiger partial charge in [0.2, 0.25) is 0 Å². The van der Waals surface area contributed by atoms with Gasteiger partial charge < -0.3 is 76.5 Å². The van der Waals surface area contributed by atoms with Crippen LogP contribution in [0.1, 0.15) is 147 Å². The highest BCUT2D eigenvalue weighted by atomic mass is 16.8. The summed E-state index contributed by atoms with van der Waals surface area (Å²) in [5.41, 5.74) is 15.9. The summed E-state index contributed by atoms with van der Waals surface area (Å²) in [5.74, 6) is 5.00. The van der Waals surface area contributed by atoms with Gasteiger partial charge in [-0.25, -0.2) is 0 Å². The first-order valence-electron chi connectivity index (χ1n) is 48.8. The minimum Gasteiger partial charge on any atom is -0.489 e. The van der Waals surface area contributed by atoms with Crippen molar-refractivity contribution in [2.24, 2.45) is 0 Å². The molecule has 0 aliphatic carbocycles. The van der Waals surface area contributed by atoms with Crippen molar-refractivity contribution >= 4 is 48.6 Å². The van der Waals surface area contributed by atoms with Crippen molar-refractivity contribution in [3.8, 4) is 69.0 Å². The highest BCUT2D eigenvalue weighted by Gasteiger charge is 2.61. The molecule has 16 aromatic carbocycles. The molecule has 2 atom stereocenters. The molecule has 1 aliphatic rings. The van der Waals surface area contributed by atoms with Crippen LogP contribution in [0.4, 0.5) is 0 Å². The molecule has 17 rings (SSSR count). The standard InChI is InChI=1S/C131H118O16/c1-11-91-19-35-99(36-20-91)79-138-119-67-107(68-120(75-119)139-80-100-37-21-92(12-2)22-38-100)87-134-115-59-51-111(52-60-115)130(132,112-53-61-116(62-54-112)135-88-108-69-121(140-81-101-39-23-93(13-3)24-40-101)76-122(70-108)141-82-102-41-25-94(14-4)26-42-102)127-128(147-129(9,10)146-127)131(133,113-55-63-117(64-56-113)136-89-109-71-123(142-83-103-43-27-95(15-5)28-44-103)77-124(72-109)143-84-104-45-29-96(16-6)30-46-104)114-57-65-118(66-58-114)137-90-110-73-125(144-85-105-47-31-97(17-7)32-48-105)78-126(74-110)145-86-106-49-33-98(18-8)34-50-106/h11-78,127-128,132-133H,1-8,79-90H2,9-10H3. The second kappa shape index (κ2) is 48.3. The molecule has 0 aromatic heterocycles. The van der Waals surface area contributed by atoms with Crippen molar-refractivity contribution in [1.82, 2.24) is 0 Å². The number of hydrogen-bond donors (Lipinski definition) is 2. The van der Waals surface area contributed by atoms with E-state index in [9.17, 15) is 10.2 Å². The number of benzene rings is 16. The molecule has 1 saturated heterocycles. The number of hydrogen-bond acceptors (Lipinski definition) is 16. The fraction of sp³-hybridized carbons (Fsp3) is 0.145. The van der Waals surface area contributed by atoms with Gasteiger partial charge in [0, 0.05) is 24.3 Å². The van der Waals surface area contributed by atoms with E-state index in [-0.39, 0.29) is 26.4 Å². The first kappa shape index (κ1) is 101. The Kier molecular flexibility index (Phi) is 33.3. The summed E-state index contributed by atoms with van der Waals surface area (Å²) in [7, 11) is 0. The zero-order chi connectivity index (χ0) is 102. The van der Waals surface area contributed by atoms with Crippen LogP contribution in [0.5, 0.6) is 69.0 Å². The third-order valence-corrected chi connectivity index (χ3v) is 25.4. The van der Waals surface area contributed by atoms with Crippen LogP contribution in [0.25, 0.3) is 48.6 Å². The largest absolute Gasteiger partial charge is 0.489 e. The van der Waals surface area contributed by atoms with E-state index in [2.05, 4.69) is 52.6 Å². The maximum atomic E-state index is 14.9. The topological polar surface area (TPSA) is 170 Å². The van der Waals surface area contributed by atoms with Gasteiger partial charge in [-0.2, -0.15) is 0 Å². The molecule has 0 bridgehead atoms. The molecule has 16 nitrogen and oxygen atoms in total. The average Bonchev–Trinajstić information content (AvgIpc) is 1.59. The smallest absolute Gasteiger partial charge is 0.164 e. The molecular weight excluding hydrogens is 1830 g/mol. The molecule has 1 heterocycles. The maximum absolute atomic E-state index is 14.9. The number of aliphatic hydroxyl groups is 2. The maximum Gasteiger partial charge on any atom is 0.164 e. The van der Waals surface area contributed by atoms with E-state index in [0.717, 1.165) is 111 Å². The molecule has 0 spiro atoms. The fourth-order valence-corrected chi connectivity index (χ4v) is 17.1. The first-order valence-corrected chi connectivity index (χ1v) is 48.8. The fourth-order valence-electron chi connectivity index (χ4n) is 17.1. The summed E-state index contributed by atoms with van der Waals surface area (Å²) in [4.78, 5) is 0. The average molecular weight is 1950 g/mol. The van der Waals surface area contributed by atoms with Crippen molar-refractivity contribution < 1.29 is 76.5 Å². The van der Waals surface area contributed by atoms with Crippen LogP contribution in [-0.4, -0.2) is 28.2 Å². The third-order valence-electron chi connectivity index (χ3n) is 25.4. The summed E-state index contributed by atoms with van der Waals surface area (Å²) in [6, 6.07) is 116. The Bertz CT molecular complexity index is 6040. The predicted octanol–water partition coefficient (Wildman–Crippen LogP) is 29.5. The van der Waals surface area contributed by atoms with Gasteiger partial charge in [0.15, 0.2) is 5.79 Å². The molecule has 0 radical (unpaired) electrons. The molecule has 16 aromatic rings. The van der Waals surface area contributed by atoms with Gasteiger partial charge in [-0.3, -0.25) is 0 Å². The molecule has 1 aliphatic heterocycles. The quantitative estimate of drug-likeness (QED) is 0.0369. The molecule has 2 unspecified atom stereocenters. The van der Waals surface area contributed by atoms with Crippen LogP contribution in [0, 0.1) is 0 Å². The van der Waals surface area contributed by atoms with E-state index in [4.69, 9.17) is 66.3 Å². The lowest BCUT2D eigenvalue weighted by molar-refractivity contribution is -0.172. The van der Waals surface area contributed by atoms with Gasteiger partial charge in [-0.1, -0.05) is 344 Å². The Hall–Kier alpha value is -17.1. The monoisotopic (exact) mass is 1950 g/mol. The Morgan fingerprint density at radius 2 is 0.320 bits per heavy atom. The van der Waals surface area contributed by atoms with Crippen LogP contribution in [0.2, 0.25) is 0 Å². The second-order valence-corrected chi connectivity index (χ2v) is 36.4. The van der Waals surface area contributed by atoms with E-state index in [1.54, 1.807) is 160 Å². The Balaban J connectivity index is 0.718. The Morgan fingerprint density at radius 1 is 0.190 bits per heavy atom. The lowest BCUT2D eigenvalue weighted by Gasteiger charge is -2.42. The van der Waals surface area contributed by atoms with Crippen molar-refractivity contribution in [1.29, 1.82) is 0 Å². The van der Waals surface area contributed by atoms with Crippen LogP contribution >= 0.6 is 0 Å². The molecule has 16 heteroatoms. The molecule has 147 heavy (non-hydrogen) atoms. The first-order chi connectivity index (χ1) is 71.7. The Labute approximate surface area is 861 Å². The van der Waals surface area contributed by atoms with E-state index in [1.165, 1.54) is 0 Å². The lowest BCUT2D eigenvalue weighted by Crippen LogP contribution is -2.55. The normalized spacial score (nSPS) is 13.0. The van der Waals surface area contributed by atoms with Gasteiger partial charge >= 0.3 is 0 Å².